The van der Waals surface area contributed by atoms with Gasteiger partial charge in [0.25, 0.3) is 11.8 Å². The summed E-state index contributed by atoms with van der Waals surface area (Å²) >= 11 is 0. The minimum Gasteiger partial charge on any atom is -0.496 e. The van der Waals surface area contributed by atoms with Gasteiger partial charge in [0.15, 0.2) is 0 Å². The fourth-order valence-corrected chi connectivity index (χ4v) is 2.89. The number of hydrogen-bond donors (Lipinski definition) is 1. The Hall–Kier alpha value is -3.67. The topological polar surface area (TPSA) is 83.9 Å². The molecule has 0 radical (unpaired) electrons. The molecule has 2 aromatic carbocycles. The summed E-state index contributed by atoms with van der Waals surface area (Å²) in [6.45, 7) is -0.681. The molecule has 0 fully saturated rings. The first-order chi connectivity index (χ1) is 13.0. The summed E-state index contributed by atoms with van der Waals surface area (Å²) in [6.07, 6.45) is 5.03. The molecule has 6 nitrogen and oxygen atoms in total. The number of para-hydroxylation sites is 1. The summed E-state index contributed by atoms with van der Waals surface area (Å²) < 4.78 is 5.28. The van der Waals surface area contributed by atoms with Crippen LogP contribution in [0.2, 0.25) is 0 Å². The molecule has 1 aliphatic rings. The lowest BCUT2D eigenvalue weighted by Crippen LogP contribution is -2.44. The van der Waals surface area contributed by atoms with E-state index in [0.29, 0.717) is 16.9 Å². The van der Waals surface area contributed by atoms with Gasteiger partial charge in [0, 0.05) is 16.7 Å². The Morgan fingerprint density at radius 3 is 2.41 bits per heavy atom. The van der Waals surface area contributed by atoms with Crippen LogP contribution >= 0.6 is 0 Å². The normalized spacial score (nSPS) is 15.3. The number of imide groups is 1. The zero-order valence-electron chi connectivity index (χ0n) is 14.6. The van der Waals surface area contributed by atoms with Crippen molar-refractivity contribution in [2.75, 3.05) is 13.7 Å². The smallest absolute Gasteiger partial charge is 0.323 e. The van der Waals surface area contributed by atoms with Gasteiger partial charge in [-0.25, -0.2) is 0 Å². The number of nitrogens with zero attached hydrogens (tertiary/aromatic N) is 1. The van der Waals surface area contributed by atoms with Crippen LogP contribution in [0.15, 0.2) is 60.7 Å². The molecule has 0 aliphatic carbocycles. The SMILES string of the molecule is COc1ccccc1/C=C/C=C1\C(=O)N(CC(=O)O)C(=O)c2ccccc21. The van der Waals surface area contributed by atoms with Crippen LogP contribution in [0.4, 0.5) is 0 Å². The number of amides is 2. The Kier molecular flexibility index (Phi) is 5.17. The van der Waals surface area contributed by atoms with Crippen LogP contribution in [0.5, 0.6) is 5.75 Å². The van der Waals surface area contributed by atoms with E-state index < -0.39 is 24.3 Å². The molecule has 0 spiro atoms. The van der Waals surface area contributed by atoms with E-state index in [2.05, 4.69) is 0 Å². The number of carboxylic acid groups (broad SMARTS) is 1. The second-order valence-corrected chi connectivity index (χ2v) is 5.82. The molecule has 2 aromatic rings. The molecule has 27 heavy (non-hydrogen) atoms. The van der Waals surface area contributed by atoms with E-state index in [1.54, 1.807) is 49.6 Å². The van der Waals surface area contributed by atoms with Crippen molar-refractivity contribution in [3.63, 3.8) is 0 Å². The number of benzene rings is 2. The Morgan fingerprint density at radius 1 is 1.04 bits per heavy atom. The lowest BCUT2D eigenvalue weighted by molar-refractivity contribution is -0.141. The molecule has 0 bridgehead atoms. The molecule has 0 atom stereocenters. The quantitative estimate of drug-likeness (QED) is 0.652. The van der Waals surface area contributed by atoms with E-state index >= 15 is 0 Å². The van der Waals surface area contributed by atoms with Gasteiger partial charge in [-0.05, 0) is 23.8 Å². The number of carbonyl (C=O) groups is 3. The van der Waals surface area contributed by atoms with Crippen molar-refractivity contribution in [3.8, 4) is 5.75 Å². The Labute approximate surface area is 156 Å². The van der Waals surface area contributed by atoms with Gasteiger partial charge in [0.2, 0.25) is 0 Å². The second-order valence-electron chi connectivity index (χ2n) is 5.82. The average Bonchev–Trinajstić information content (AvgIpc) is 2.68. The highest BCUT2D eigenvalue weighted by Gasteiger charge is 2.35. The van der Waals surface area contributed by atoms with Crippen molar-refractivity contribution < 1.29 is 24.2 Å². The lowest BCUT2D eigenvalue weighted by Gasteiger charge is -2.27. The number of fused-ring (bicyclic) bond motifs is 1. The molecule has 3 rings (SSSR count). The first-order valence-corrected chi connectivity index (χ1v) is 8.21. The first kappa shape index (κ1) is 18.1. The van der Waals surface area contributed by atoms with Gasteiger partial charge >= 0.3 is 5.97 Å². The van der Waals surface area contributed by atoms with E-state index in [-0.39, 0.29) is 5.57 Å². The van der Waals surface area contributed by atoms with Crippen LogP contribution < -0.4 is 4.74 Å². The number of methoxy groups -OCH3 is 1. The van der Waals surface area contributed by atoms with Crippen LogP contribution in [0.3, 0.4) is 0 Å². The third kappa shape index (κ3) is 3.64. The monoisotopic (exact) mass is 363 g/mol. The number of hydrogen-bond acceptors (Lipinski definition) is 4. The first-order valence-electron chi connectivity index (χ1n) is 8.21. The molecule has 1 N–H and O–H groups in total. The number of allylic oxidation sites excluding steroid dienone is 2. The highest BCUT2D eigenvalue weighted by Crippen LogP contribution is 2.29. The van der Waals surface area contributed by atoms with E-state index in [1.807, 2.05) is 24.3 Å². The minimum absolute atomic E-state index is 0.262. The van der Waals surface area contributed by atoms with E-state index in [0.717, 1.165) is 10.5 Å². The molecular weight excluding hydrogens is 346 g/mol. The van der Waals surface area contributed by atoms with Crippen LogP contribution in [0.25, 0.3) is 11.6 Å². The van der Waals surface area contributed by atoms with Crippen molar-refractivity contribution in [1.29, 1.82) is 0 Å². The molecule has 2 amide bonds. The van der Waals surface area contributed by atoms with Crippen LogP contribution in [-0.4, -0.2) is 41.4 Å². The molecule has 136 valence electrons. The van der Waals surface area contributed by atoms with Gasteiger partial charge in [-0.2, -0.15) is 0 Å². The van der Waals surface area contributed by atoms with Crippen molar-refractivity contribution in [1.82, 2.24) is 4.90 Å². The average molecular weight is 363 g/mol. The van der Waals surface area contributed by atoms with Crippen LogP contribution in [0, 0.1) is 0 Å². The Morgan fingerprint density at radius 2 is 1.70 bits per heavy atom. The summed E-state index contributed by atoms with van der Waals surface area (Å²) in [7, 11) is 1.57. The van der Waals surface area contributed by atoms with Gasteiger partial charge in [-0.3, -0.25) is 19.3 Å². The standard InChI is InChI=1S/C21H17NO5/c1-27-18-12-5-2-7-14(18)8-6-11-17-15-9-3-4-10-16(15)20(25)22(21(17)26)13-19(23)24/h2-12H,13H2,1H3,(H,23,24)/b8-6+,17-11-. The van der Waals surface area contributed by atoms with Gasteiger partial charge < -0.3 is 9.84 Å². The molecule has 0 aromatic heterocycles. The number of carboxylic acids is 1. The fraction of sp³-hybridized carbons (Fsp3) is 0.0952. The highest BCUT2D eigenvalue weighted by molar-refractivity contribution is 6.31. The molecule has 0 saturated heterocycles. The highest BCUT2D eigenvalue weighted by atomic mass is 16.5. The molecule has 0 saturated carbocycles. The lowest BCUT2D eigenvalue weighted by atomic mass is 9.93. The van der Waals surface area contributed by atoms with Crippen LogP contribution in [0.1, 0.15) is 21.5 Å². The Balaban J connectivity index is 2.02. The fourth-order valence-electron chi connectivity index (χ4n) is 2.89. The molecule has 1 heterocycles. The van der Waals surface area contributed by atoms with Crippen LogP contribution in [-0.2, 0) is 9.59 Å². The summed E-state index contributed by atoms with van der Waals surface area (Å²) in [6, 6.07) is 14.1. The molecular formula is C21H17NO5. The number of carbonyl (C=O) groups excluding carboxylic acids is 2. The minimum atomic E-state index is -1.25. The van der Waals surface area contributed by atoms with E-state index in [1.165, 1.54) is 0 Å². The van der Waals surface area contributed by atoms with E-state index in [9.17, 15) is 14.4 Å². The maximum atomic E-state index is 12.7. The third-order valence-electron chi connectivity index (χ3n) is 4.14. The van der Waals surface area contributed by atoms with Gasteiger partial charge in [-0.15, -0.1) is 0 Å². The summed E-state index contributed by atoms with van der Waals surface area (Å²) in [4.78, 5) is 37.0. The summed E-state index contributed by atoms with van der Waals surface area (Å²) in [5.74, 6) is -1.81. The zero-order chi connectivity index (χ0) is 19.4. The van der Waals surface area contributed by atoms with Crippen molar-refractivity contribution in [3.05, 3.63) is 77.4 Å². The van der Waals surface area contributed by atoms with Gasteiger partial charge in [0.05, 0.1) is 7.11 Å². The maximum absolute atomic E-state index is 12.7. The summed E-state index contributed by atoms with van der Waals surface area (Å²) in [5, 5.41) is 9.02. The van der Waals surface area contributed by atoms with Gasteiger partial charge in [0.1, 0.15) is 12.3 Å². The summed E-state index contributed by atoms with van der Waals surface area (Å²) in [5.41, 5.74) is 1.87. The maximum Gasteiger partial charge on any atom is 0.323 e. The number of rotatable bonds is 5. The second kappa shape index (κ2) is 7.70. The third-order valence-corrected chi connectivity index (χ3v) is 4.14. The molecule has 6 heteroatoms. The van der Waals surface area contributed by atoms with E-state index in [4.69, 9.17) is 9.84 Å². The zero-order valence-corrected chi connectivity index (χ0v) is 14.6. The van der Waals surface area contributed by atoms with Crippen molar-refractivity contribution in [2.24, 2.45) is 0 Å². The predicted octanol–water partition coefficient (Wildman–Crippen LogP) is 2.86. The van der Waals surface area contributed by atoms with Gasteiger partial charge in [-0.1, -0.05) is 48.6 Å². The van der Waals surface area contributed by atoms with Crippen molar-refractivity contribution in [2.45, 2.75) is 0 Å². The largest absolute Gasteiger partial charge is 0.496 e. The molecule has 0 unspecified atom stereocenters. The van der Waals surface area contributed by atoms with Crippen molar-refractivity contribution >= 4 is 29.4 Å². The molecule has 1 aliphatic heterocycles. The number of aliphatic carboxylic acids is 1. The number of ether oxygens (including phenoxy) is 1. The predicted molar refractivity (Wildman–Crippen MR) is 100 cm³/mol. The Bertz CT molecular complexity index is 974.